The Bertz CT molecular complexity index is 914. The van der Waals surface area contributed by atoms with Crippen molar-refractivity contribution in [2.24, 2.45) is 0 Å². The maximum Gasteiger partial charge on any atom is 0.250 e. The van der Waals surface area contributed by atoms with E-state index in [0.717, 1.165) is 6.07 Å². The van der Waals surface area contributed by atoms with Crippen LogP contribution in [0.5, 0.6) is 0 Å². The summed E-state index contributed by atoms with van der Waals surface area (Å²) in [4.78, 5) is 11.9. The molecular formula is C17H12ClF2N3O2. The first kappa shape index (κ1) is 17.0. The van der Waals surface area contributed by atoms with E-state index >= 15 is 0 Å². The van der Waals surface area contributed by atoms with E-state index in [1.165, 1.54) is 24.3 Å². The minimum absolute atomic E-state index is 0.0545. The molecule has 3 rings (SSSR count). The minimum Gasteiger partial charge on any atom is -0.421 e. The molecule has 0 aliphatic heterocycles. The molecule has 1 heterocycles. The predicted molar refractivity (Wildman–Crippen MR) is 88.1 cm³/mol. The molecule has 3 aromatic rings. The minimum atomic E-state index is -0.564. The van der Waals surface area contributed by atoms with Crippen molar-refractivity contribution in [2.45, 2.75) is 12.8 Å². The number of hydrogen-bond acceptors (Lipinski definition) is 4. The van der Waals surface area contributed by atoms with Crippen molar-refractivity contribution in [1.82, 2.24) is 10.2 Å². The van der Waals surface area contributed by atoms with Crippen molar-refractivity contribution >= 4 is 23.2 Å². The maximum absolute atomic E-state index is 13.7. The number of halogens is 3. The second-order valence-electron chi connectivity index (χ2n) is 5.16. The van der Waals surface area contributed by atoms with E-state index < -0.39 is 11.6 Å². The van der Waals surface area contributed by atoms with Gasteiger partial charge in [-0.05, 0) is 30.3 Å². The van der Waals surface area contributed by atoms with E-state index in [4.69, 9.17) is 16.0 Å². The predicted octanol–water partition coefficient (Wildman–Crippen LogP) is 4.24. The summed E-state index contributed by atoms with van der Waals surface area (Å²) >= 11 is 5.65. The van der Waals surface area contributed by atoms with E-state index in [9.17, 15) is 13.6 Å². The molecule has 128 valence electrons. The van der Waals surface area contributed by atoms with Crippen LogP contribution < -0.4 is 5.32 Å². The van der Waals surface area contributed by atoms with Crippen molar-refractivity contribution in [2.75, 3.05) is 5.32 Å². The van der Waals surface area contributed by atoms with Gasteiger partial charge in [-0.1, -0.05) is 23.7 Å². The fourth-order valence-corrected chi connectivity index (χ4v) is 2.30. The smallest absolute Gasteiger partial charge is 0.250 e. The average Bonchev–Trinajstić information content (AvgIpc) is 3.05. The molecule has 0 atom stereocenters. The van der Waals surface area contributed by atoms with Gasteiger partial charge in [0.2, 0.25) is 11.8 Å². The molecule has 0 unspecified atom stereocenters. The van der Waals surface area contributed by atoms with Gasteiger partial charge in [-0.25, -0.2) is 8.78 Å². The zero-order chi connectivity index (χ0) is 17.8. The highest BCUT2D eigenvalue weighted by Crippen LogP contribution is 2.22. The first-order valence-corrected chi connectivity index (χ1v) is 7.73. The number of anilines is 1. The molecule has 0 aliphatic rings. The molecule has 0 aliphatic carbocycles. The standard InChI is InChI=1S/C17H12ClF2N3O2/c18-12-9-10(5-6-14(12)20)21-15(24)7-8-16-22-23-17(25-16)11-3-1-2-4-13(11)19/h1-6,9H,7-8H2,(H,21,24). The summed E-state index contributed by atoms with van der Waals surface area (Å²) < 4.78 is 32.1. The summed E-state index contributed by atoms with van der Waals surface area (Å²) in [6.07, 6.45) is 0.246. The van der Waals surface area contributed by atoms with Crippen LogP contribution in [0.3, 0.4) is 0 Å². The number of nitrogens with one attached hydrogen (secondary N) is 1. The van der Waals surface area contributed by atoms with Crippen LogP contribution in [0.2, 0.25) is 5.02 Å². The quantitative estimate of drug-likeness (QED) is 0.736. The van der Waals surface area contributed by atoms with Crippen molar-refractivity contribution in [3.05, 3.63) is 65.0 Å². The highest BCUT2D eigenvalue weighted by molar-refractivity contribution is 6.31. The third kappa shape index (κ3) is 4.19. The number of rotatable bonds is 5. The lowest BCUT2D eigenvalue weighted by molar-refractivity contribution is -0.116. The second-order valence-corrected chi connectivity index (χ2v) is 5.57. The summed E-state index contributed by atoms with van der Waals surface area (Å²) in [5.41, 5.74) is 0.584. The van der Waals surface area contributed by atoms with Gasteiger partial charge in [-0.2, -0.15) is 0 Å². The van der Waals surface area contributed by atoms with E-state index in [0.29, 0.717) is 5.69 Å². The third-order valence-electron chi connectivity index (χ3n) is 3.34. The van der Waals surface area contributed by atoms with Gasteiger partial charge >= 0.3 is 0 Å². The first-order valence-electron chi connectivity index (χ1n) is 7.35. The molecule has 1 amide bonds. The lowest BCUT2D eigenvalue weighted by atomic mass is 10.2. The number of nitrogens with zero attached hydrogens (tertiary/aromatic N) is 2. The van der Waals surface area contributed by atoms with Crippen LogP contribution in [0.25, 0.3) is 11.5 Å². The molecule has 0 radical (unpaired) electrons. The maximum atomic E-state index is 13.7. The number of carbonyl (C=O) groups excluding carboxylic acids is 1. The fraction of sp³-hybridized carbons (Fsp3) is 0.118. The van der Waals surface area contributed by atoms with Crippen LogP contribution in [0.4, 0.5) is 14.5 Å². The van der Waals surface area contributed by atoms with Crippen LogP contribution in [0.15, 0.2) is 46.9 Å². The van der Waals surface area contributed by atoms with Crippen LogP contribution >= 0.6 is 11.6 Å². The van der Waals surface area contributed by atoms with Crippen LogP contribution in [-0.2, 0) is 11.2 Å². The van der Waals surface area contributed by atoms with Crippen LogP contribution in [0, 0.1) is 11.6 Å². The van der Waals surface area contributed by atoms with Crippen molar-refractivity contribution in [3.63, 3.8) is 0 Å². The van der Waals surface area contributed by atoms with Gasteiger partial charge in [0.15, 0.2) is 0 Å². The topological polar surface area (TPSA) is 68.0 Å². The van der Waals surface area contributed by atoms with Gasteiger partial charge in [-0.3, -0.25) is 4.79 Å². The zero-order valence-electron chi connectivity index (χ0n) is 12.8. The molecule has 0 spiro atoms. The number of aromatic nitrogens is 2. The first-order chi connectivity index (χ1) is 12.0. The molecule has 1 N–H and O–H groups in total. The van der Waals surface area contributed by atoms with Gasteiger partial charge in [-0.15, -0.1) is 10.2 Å². The van der Waals surface area contributed by atoms with E-state index in [2.05, 4.69) is 15.5 Å². The largest absolute Gasteiger partial charge is 0.421 e. The Morgan fingerprint density at radius 1 is 1.12 bits per heavy atom. The Balaban J connectivity index is 1.59. The van der Waals surface area contributed by atoms with Gasteiger partial charge in [0.25, 0.3) is 5.89 Å². The van der Waals surface area contributed by atoms with Crippen LogP contribution in [-0.4, -0.2) is 16.1 Å². The lowest BCUT2D eigenvalue weighted by Crippen LogP contribution is -2.12. The zero-order valence-corrected chi connectivity index (χ0v) is 13.6. The van der Waals surface area contributed by atoms with E-state index in [-0.39, 0.29) is 41.1 Å². The number of carbonyl (C=O) groups is 1. The molecule has 0 fully saturated rings. The van der Waals surface area contributed by atoms with Gasteiger partial charge in [0, 0.05) is 18.5 Å². The van der Waals surface area contributed by atoms with Crippen molar-refractivity contribution in [3.8, 4) is 11.5 Å². The molecule has 8 heteroatoms. The summed E-state index contributed by atoms with van der Waals surface area (Å²) in [6, 6.07) is 9.92. The Morgan fingerprint density at radius 2 is 1.92 bits per heavy atom. The Kier molecular flexibility index (Phi) is 5.04. The number of benzene rings is 2. The SMILES string of the molecule is O=C(CCc1nnc(-c2ccccc2F)o1)Nc1ccc(F)c(Cl)c1. The van der Waals surface area contributed by atoms with Gasteiger partial charge in [0.1, 0.15) is 11.6 Å². The monoisotopic (exact) mass is 363 g/mol. The van der Waals surface area contributed by atoms with E-state index in [1.807, 2.05) is 0 Å². The molecule has 0 saturated carbocycles. The average molecular weight is 364 g/mol. The molecule has 25 heavy (non-hydrogen) atoms. The molecule has 1 aromatic heterocycles. The molecular weight excluding hydrogens is 352 g/mol. The Hall–Kier alpha value is -2.80. The summed E-state index contributed by atoms with van der Waals surface area (Å²) in [5.74, 6) is -1.09. The highest BCUT2D eigenvalue weighted by atomic mass is 35.5. The summed E-state index contributed by atoms with van der Waals surface area (Å²) in [5, 5.41) is 10.1. The molecule has 0 saturated heterocycles. The highest BCUT2D eigenvalue weighted by Gasteiger charge is 2.13. The van der Waals surface area contributed by atoms with Crippen molar-refractivity contribution in [1.29, 1.82) is 0 Å². The van der Waals surface area contributed by atoms with Gasteiger partial charge < -0.3 is 9.73 Å². The second kappa shape index (κ2) is 7.40. The third-order valence-corrected chi connectivity index (χ3v) is 3.63. The number of hydrogen-bond donors (Lipinski definition) is 1. The molecule has 2 aromatic carbocycles. The number of aryl methyl sites for hydroxylation is 1. The van der Waals surface area contributed by atoms with Crippen LogP contribution in [0.1, 0.15) is 12.3 Å². The summed E-state index contributed by atoms with van der Waals surface area (Å²) in [6.45, 7) is 0. The fourth-order valence-electron chi connectivity index (χ4n) is 2.12. The lowest BCUT2D eigenvalue weighted by Gasteiger charge is -2.05. The van der Waals surface area contributed by atoms with Crippen molar-refractivity contribution < 1.29 is 18.0 Å². The Morgan fingerprint density at radius 3 is 2.68 bits per heavy atom. The van der Waals surface area contributed by atoms with E-state index in [1.54, 1.807) is 12.1 Å². The Labute approximate surface area is 146 Å². The normalized spacial score (nSPS) is 10.7. The summed E-state index contributed by atoms with van der Waals surface area (Å²) in [7, 11) is 0. The van der Waals surface area contributed by atoms with Gasteiger partial charge in [0.05, 0.1) is 10.6 Å². The molecule has 0 bridgehead atoms. The number of amides is 1. The molecule has 5 nitrogen and oxygen atoms in total.